The Balaban J connectivity index is 1.82. The van der Waals surface area contributed by atoms with Crippen LogP contribution >= 0.6 is 11.6 Å². The summed E-state index contributed by atoms with van der Waals surface area (Å²) >= 11 is 5.92. The van der Waals surface area contributed by atoms with Gasteiger partial charge in [-0.05, 0) is 64.0 Å². The molecule has 2 aromatic rings. The van der Waals surface area contributed by atoms with Gasteiger partial charge in [-0.25, -0.2) is 14.8 Å². The van der Waals surface area contributed by atoms with E-state index in [1.54, 1.807) is 11.0 Å². The molecule has 0 N–H and O–H groups in total. The Kier molecular flexibility index (Phi) is 4.69. The summed E-state index contributed by atoms with van der Waals surface area (Å²) in [6.45, 7) is 8.23. The number of carbonyl (C=O) groups is 1. The van der Waals surface area contributed by atoms with Crippen molar-refractivity contribution in [3.05, 3.63) is 41.2 Å². The van der Waals surface area contributed by atoms with Gasteiger partial charge in [0.1, 0.15) is 10.8 Å². The second kappa shape index (κ2) is 6.64. The topological polar surface area (TPSA) is 55.3 Å². The van der Waals surface area contributed by atoms with E-state index in [4.69, 9.17) is 16.3 Å². The van der Waals surface area contributed by atoms with Crippen LogP contribution < -0.4 is 0 Å². The summed E-state index contributed by atoms with van der Waals surface area (Å²) in [6.07, 6.45) is 2.54. The molecule has 0 aliphatic carbocycles. The molecule has 1 aliphatic heterocycles. The molecular formula is C19H22ClN3O2. The van der Waals surface area contributed by atoms with Crippen LogP contribution in [-0.2, 0) is 4.74 Å². The monoisotopic (exact) mass is 359 g/mol. The van der Waals surface area contributed by atoms with Crippen molar-refractivity contribution in [1.82, 2.24) is 14.9 Å². The lowest BCUT2D eigenvalue weighted by Crippen LogP contribution is -2.43. The molecule has 3 heterocycles. The lowest BCUT2D eigenvalue weighted by atomic mass is 10.00. The van der Waals surface area contributed by atoms with Gasteiger partial charge in [0.05, 0.1) is 22.8 Å². The van der Waals surface area contributed by atoms with E-state index in [2.05, 4.69) is 16.0 Å². The van der Waals surface area contributed by atoms with Gasteiger partial charge in [0.25, 0.3) is 0 Å². The Labute approximate surface area is 152 Å². The highest BCUT2D eigenvalue weighted by Crippen LogP contribution is 2.27. The number of hydrogen-bond acceptors (Lipinski definition) is 4. The minimum Gasteiger partial charge on any atom is -0.444 e. The Morgan fingerprint density at radius 1 is 1.20 bits per heavy atom. The zero-order valence-electron chi connectivity index (χ0n) is 14.9. The molecule has 25 heavy (non-hydrogen) atoms. The van der Waals surface area contributed by atoms with Gasteiger partial charge >= 0.3 is 6.09 Å². The summed E-state index contributed by atoms with van der Waals surface area (Å²) in [5.74, 6) is 0. The fourth-order valence-electron chi connectivity index (χ4n) is 2.86. The summed E-state index contributed by atoms with van der Waals surface area (Å²) in [7, 11) is 0. The second-order valence-electron chi connectivity index (χ2n) is 7.22. The Bertz CT molecular complexity index is 842. The molecule has 0 aromatic carbocycles. The average Bonchev–Trinajstić information content (AvgIpc) is 2.52. The molecular weight excluding hydrogens is 338 g/mol. The van der Waals surface area contributed by atoms with Crippen LogP contribution in [0.25, 0.3) is 16.6 Å². The molecule has 6 heteroatoms. The summed E-state index contributed by atoms with van der Waals surface area (Å²) in [6, 6.07) is 7.44. The third kappa shape index (κ3) is 4.10. The summed E-state index contributed by atoms with van der Waals surface area (Å²) in [5.41, 5.74) is 3.13. The van der Waals surface area contributed by atoms with Crippen LogP contribution in [0.4, 0.5) is 4.79 Å². The zero-order valence-corrected chi connectivity index (χ0v) is 15.7. The molecule has 0 saturated heterocycles. The fourth-order valence-corrected chi connectivity index (χ4v) is 3.02. The fraction of sp³-hybridized carbons (Fsp3) is 0.421. The first kappa shape index (κ1) is 17.7. The van der Waals surface area contributed by atoms with Gasteiger partial charge in [-0.2, -0.15) is 0 Å². The molecule has 1 amide bonds. The predicted molar refractivity (Wildman–Crippen MR) is 99.5 cm³/mol. The van der Waals surface area contributed by atoms with Crippen molar-refractivity contribution in [2.24, 2.45) is 0 Å². The standard InChI is InChI=1S/C19H22ClN3O2/c1-12-11-13(9-10-23(12)18(24)25-19(2,3)4)14-5-6-16-15(21-14)7-8-17(20)22-16/h5-8,11-12H,9-10H2,1-4H3. The average molecular weight is 360 g/mol. The number of aromatic nitrogens is 2. The molecule has 1 atom stereocenters. The van der Waals surface area contributed by atoms with E-state index < -0.39 is 5.60 Å². The molecule has 3 rings (SSSR count). The highest BCUT2D eigenvalue weighted by molar-refractivity contribution is 6.29. The molecule has 0 bridgehead atoms. The summed E-state index contributed by atoms with van der Waals surface area (Å²) in [5, 5.41) is 0.459. The SMILES string of the molecule is CC1C=C(c2ccc3nc(Cl)ccc3n2)CCN1C(=O)OC(C)(C)C. The van der Waals surface area contributed by atoms with Gasteiger partial charge in [-0.1, -0.05) is 17.7 Å². The Morgan fingerprint density at radius 2 is 1.88 bits per heavy atom. The van der Waals surface area contributed by atoms with Crippen LogP contribution in [0.3, 0.4) is 0 Å². The van der Waals surface area contributed by atoms with Crippen LogP contribution in [0, 0.1) is 0 Å². The molecule has 0 saturated carbocycles. The normalized spacial score (nSPS) is 18.2. The summed E-state index contributed by atoms with van der Waals surface area (Å²) in [4.78, 5) is 23.0. The van der Waals surface area contributed by atoms with Gasteiger partial charge in [0.15, 0.2) is 0 Å². The maximum Gasteiger partial charge on any atom is 0.410 e. The number of halogens is 1. The van der Waals surface area contributed by atoms with Gasteiger partial charge in [0, 0.05) is 6.54 Å². The van der Waals surface area contributed by atoms with Crippen LogP contribution in [-0.4, -0.2) is 39.1 Å². The van der Waals surface area contributed by atoms with Crippen molar-refractivity contribution in [3.63, 3.8) is 0 Å². The van der Waals surface area contributed by atoms with E-state index in [0.29, 0.717) is 11.7 Å². The second-order valence-corrected chi connectivity index (χ2v) is 7.61. The van der Waals surface area contributed by atoms with Gasteiger partial charge < -0.3 is 9.64 Å². The molecule has 5 nitrogen and oxygen atoms in total. The molecule has 0 radical (unpaired) electrons. The van der Waals surface area contributed by atoms with Gasteiger partial charge in [0.2, 0.25) is 0 Å². The Hall–Kier alpha value is -2.14. The van der Waals surface area contributed by atoms with Crippen LogP contribution in [0.15, 0.2) is 30.3 Å². The van der Waals surface area contributed by atoms with Crippen molar-refractivity contribution in [2.45, 2.75) is 45.8 Å². The molecule has 0 fully saturated rings. The van der Waals surface area contributed by atoms with Gasteiger partial charge in [-0.15, -0.1) is 0 Å². The lowest BCUT2D eigenvalue weighted by molar-refractivity contribution is 0.0209. The number of hydrogen-bond donors (Lipinski definition) is 0. The minimum absolute atomic E-state index is 0.0422. The third-order valence-electron chi connectivity index (χ3n) is 4.02. The minimum atomic E-state index is -0.491. The van der Waals surface area contributed by atoms with Crippen LogP contribution in [0.2, 0.25) is 5.15 Å². The first-order chi connectivity index (χ1) is 11.7. The zero-order chi connectivity index (χ0) is 18.2. The quantitative estimate of drug-likeness (QED) is 0.693. The van der Waals surface area contributed by atoms with E-state index in [0.717, 1.165) is 28.7 Å². The number of amides is 1. The molecule has 0 spiro atoms. The predicted octanol–water partition coefficient (Wildman–Crippen LogP) is 4.70. The van der Waals surface area contributed by atoms with E-state index in [1.165, 1.54) is 0 Å². The molecule has 1 aliphatic rings. The van der Waals surface area contributed by atoms with Crippen molar-refractivity contribution >= 4 is 34.3 Å². The highest BCUT2D eigenvalue weighted by Gasteiger charge is 2.28. The maximum atomic E-state index is 12.3. The lowest BCUT2D eigenvalue weighted by Gasteiger charge is -2.33. The molecule has 2 aromatic heterocycles. The van der Waals surface area contributed by atoms with Crippen molar-refractivity contribution in [1.29, 1.82) is 0 Å². The Morgan fingerprint density at radius 3 is 2.56 bits per heavy atom. The summed E-state index contributed by atoms with van der Waals surface area (Å²) < 4.78 is 5.48. The van der Waals surface area contributed by atoms with E-state index >= 15 is 0 Å². The third-order valence-corrected chi connectivity index (χ3v) is 4.23. The highest BCUT2D eigenvalue weighted by atomic mass is 35.5. The van der Waals surface area contributed by atoms with Crippen LogP contribution in [0.1, 0.15) is 39.8 Å². The smallest absolute Gasteiger partial charge is 0.410 e. The number of pyridine rings is 2. The number of fused-ring (bicyclic) bond motifs is 1. The first-order valence-corrected chi connectivity index (χ1v) is 8.75. The number of rotatable bonds is 1. The molecule has 132 valence electrons. The van der Waals surface area contributed by atoms with Crippen molar-refractivity contribution < 1.29 is 9.53 Å². The van der Waals surface area contributed by atoms with E-state index in [1.807, 2.05) is 45.9 Å². The number of carbonyl (C=O) groups excluding carboxylic acids is 1. The first-order valence-electron chi connectivity index (χ1n) is 8.37. The van der Waals surface area contributed by atoms with Crippen molar-refractivity contribution in [3.8, 4) is 0 Å². The number of nitrogens with zero attached hydrogens (tertiary/aromatic N) is 3. The number of ether oxygens (including phenoxy) is 1. The largest absolute Gasteiger partial charge is 0.444 e. The maximum absolute atomic E-state index is 12.3. The van der Waals surface area contributed by atoms with E-state index in [9.17, 15) is 4.79 Å². The van der Waals surface area contributed by atoms with E-state index in [-0.39, 0.29) is 12.1 Å². The van der Waals surface area contributed by atoms with Crippen LogP contribution in [0.5, 0.6) is 0 Å². The van der Waals surface area contributed by atoms with Gasteiger partial charge in [-0.3, -0.25) is 0 Å². The molecule has 1 unspecified atom stereocenters. The van der Waals surface area contributed by atoms with Crippen molar-refractivity contribution in [2.75, 3.05) is 6.54 Å².